The Hall–Kier alpha value is -2.01. The number of rotatable bonds is 9. The minimum Gasteiger partial charge on any atom is -0.379 e. The van der Waals surface area contributed by atoms with Crippen molar-refractivity contribution in [2.75, 3.05) is 39.4 Å². The van der Waals surface area contributed by atoms with Crippen LogP contribution in [0.1, 0.15) is 25.6 Å². The Bertz CT molecular complexity index is 951. The molecule has 1 aromatic heterocycles. The van der Waals surface area contributed by atoms with Gasteiger partial charge in [0.15, 0.2) is 0 Å². The lowest BCUT2D eigenvalue weighted by Gasteiger charge is -2.26. The maximum Gasteiger partial charge on any atom is 0.238 e. The maximum absolute atomic E-state index is 12.2. The van der Waals surface area contributed by atoms with Gasteiger partial charge in [0, 0.05) is 45.6 Å². The van der Waals surface area contributed by atoms with Crippen LogP contribution in [0.5, 0.6) is 0 Å². The summed E-state index contributed by atoms with van der Waals surface area (Å²) >= 11 is 0. The molecule has 10 heteroatoms. The maximum atomic E-state index is 12.2. The van der Waals surface area contributed by atoms with Crippen LogP contribution in [0.25, 0.3) is 11.0 Å². The largest absolute Gasteiger partial charge is 0.379 e. The molecule has 0 bridgehead atoms. The number of nitrogens with zero attached hydrogens (tertiary/aromatic N) is 3. The predicted molar refractivity (Wildman–Crippen MR) is 110 cm³/mol. The number of hydrogen-bond acceptors (Lipinski definition) is 6. The number of imidazole rings is 1. The highest BCUT2D eigenvalue weighted by molar-refractivity contribution is 7.89. The third-order valence-electron chi connectivity index (χ3n) is 5.00. The van der Waals surface area contributed by atoms with Crippen molar-refractivity contribution < 1.29 is 17.9 Å². The number of aryl methyl sites for hydroxylation is 2. The number of hydrogen-bond donors (Lipinski definition) is 2. The van der Waals surface area contributed by atoms with E-state index in [0.717, 1.165) is 57.2 Å². The molecule has 0 radical (unpaired) electrons. The molecule has 1 aliphatic heterocycles. The highest BCUT2D eigenvalue weighted by Gasteiger charge is 2.16. The summed E-state index contributed by atoms with van der Waals surface area (Å²) in [6.07, 6.45) is 1.72. The quantitative estimate of drug-likeness (QED) is 0.605. The highest BCUT2D eigenvalue weighted by atomic mass is 32.2. The number of carbonyl (C=O) groups excluding carboxylic acids is 1. The van der Waals surface area contributed by atoms with E-state index in [9.17, 15) is 13.2 Å². The molecule has 1 aliphatic rings. The molecular formula is C19H29N5O4S. The number of ether oxygens (including phenoxy) is 1. The average molecular weight is 424 g/mol. The summed E-state index contributed by atoms with van der Waals surface area (Å²) in [5, 5.41) is 8.18. The van der Waals surface area contributed by atoms with Crippen molar-refractivity contribution in [2.45, 2.75) is 37.6 Å². The Balaban J connectivity index is 1.62. The number of benzene rings is 1. The van der Waals surface area contributed by atoms with E-state index < -0.39 is 10.0 Å². The van der Waals surface area contributed by atoms with E-state index in [2.05, 4.69) is 22.1 Å². The van der Waals surface area contributed by atoms with Gasteiger partial charge in [0.2, 0.25) is 15.9 Å². The molecule has 0 unspecified atom stereocenters. The van der Waals surface area contributed by atoms with Gasteiger partial charge in [-0.15, -0.1) is 0 Å². The fraction of sp³-hybridized carbons (Fsp3) is 0.579. The monoisotopic (exact) mass is 423 g/mol. The Labute approximate surface area is 171 Å². The average Bonchev–Trinajstić information content (AvgIpc) is 3.04. The van der Waals surface area contributed by atoms with E-state index in [4.69, 9.17) is 9.88 Å². The lowest BCUT2D eigenvalue weighted by Crippen LogP contribution is -2.41. The number of carbonyl (C=O) groups is 1. The van der Waals surface area contributed by atoms with Crippen molar-refractivity contribution in [1.82, 2.24) is 19.8 Å². The lowest BCUT2D eigenvalue weighted by atomic mass is 10.2. The third-order valence-corrected chi connectivity index (χ3v) is 5.92. The second-order valence-corrected chi connectivity index (χ2v) is 8.74. The molecule has 0 spiro atoms. The third kappa shape index (κ3) is 5.75. The van der Waals surface area contributed by atoms with Crippen LogP contribution in [0, 0.1) is 0 Å². The van der Waals surface area contributed by atoms with E-state index in [1.54, 1.807) is 6.07 Å². The van der Waals surface area contributed by atoms with E-state index in [-0.39, 0.29) is 10.8 Å². The van der Waals surface area contributed by atoms with Crippen LogP contribution < -0.4 is 10.5 Å². The molecule has 0 saturated carbocycles. The summed E-state index contributed by atoms with van der Waals surface area (Å²) in [5.74, 6) is 0.760. The first-order valence-electron chi connectivity index (χ1n) is 9.97. The molecule has 0 aliphatic carbocycles. The zero-order valence-corrected chi connectivity index (χ0v) is 17.6. The number of primary sulfonamides is 1. The molecule has 29 heavy (non-hydrogen) atoms. The number of aromatic nitrogens is 2. The van der Waals surface area contributed by atoms with E-state index in [0.29, 0.717) is 24.9 Å². The summed E-state index contributed by atoms with van der Waals surface area (Å²) in [7, 11) is -3.78. The van der Waals surface area contributed by atoms with Crippen LogP contribution >= 0.6 is 0 Å². The van der Waals surface area contributed by atoms with Crippen LogP contribution in [0.15, 0.2) is 23.1 Å². The van der Waals surface area contributed by atoms with Gasteiger partial charge in [0.25, 0.3) is 0 Å². The van der Waals surface area contributed by atoms with Crippen molar-refractivity contribution in [2.24, 2.45) is 5.14 Å². The number of nitrogens with one attached hydrogen (secondary N) is 1. The van der Waals surface area contributed by atoms with Crippen molar-refractivity contribution in [3.05, 3.63) is 24.0 Å². The van der Waals surface area contributed by atoms with E-state index in [1.807, 2.05) is 4.57 Å². The van der Waals surface area contributed by atoms with Gasteiger partial charge >= 0.3 is 0 Å². The van der Waals surface area contributed by atoms with Gasteiger partial charge in [0.1, 0.15) is 5.82 Å². The summed E-state index contributed by atoms with van der Waals surface area (Å²) in [6, 6.07) is 4.71. The first-order valence-corrected chi connectivity index (χ1v) is 11.5. The van der Waals surface area contributed by atoms with Crippen molar-refractivity contribution in [1.29, 1.82) is 0 Å². The topological polar surface area (TPSA) is 120 Å². The SMILES string of the molecule is CCCn1c(CCC(=O)NCCN2CCOCC2)nc2cc(S(N)(=O)=O)ccc21. The fourth-order valence-corrected chi connectivity index (χ4v) is 4.03. The van der Waals surface area contributed by atoms with Crippen molar-refractivity contribution in [3.63, 3.8) is 0 Å². The molecule has 0 atom stereocenters. The predicted octanol–water partition coefficient (Wildman–Crippen LogP) is 0.475. The first-order chi connectivity index (χ1) is 13.9. The molecule has 3 N–H and O–H groups in total. The standard InChI is InChI=1S/C19H29N5O4S/c1-2-8-24-17-4-3-15(29(20,26)27)14-16(17)22-18(24)5-6-19(25)21-7-9-23-10-12-28-13-11-23/h3-4,14H,2,5-13H2,1H3,(H,21,25)(H2,20,26,27). The summed E-state index contributed by atoms with van der Waals surface area (Å²) in [5.41, 5.74) is 1.43. The number of sulfonamides is 1. The zero-order chi connectivity index (χ0) is 20.9. The van der Waals surface area contributed by atoms with Gasteiger partial charge in [-0.25, -0.2) is 18.5 Å². The lowest BCUT2D eigenvalue weighted by molar-refractivity contribution is -0.121. The molecule has 1 saturated heterocycles. The van der Waals surface area contributed by atoms with E-state index >= 15 is 0 Å². The van der Waals surface area contributed by atoms with Crippen LogP contribution in [-0.4, -0.2) is 68.2 Å². The zero-order valence-electron chi connectivity index (χ0n) is 16.8. The molecule has 2 aromatic rings. The van der Waals surface area contributed by atoms with Crippen molar-refractivity contribution >= 4 is 27.0 Å². The normalized spacial score (nSPS) is 15.7. The molecule has 1 amide bonds. The smallest absolute Gasteiger partial charge is 0.238 e. The fourth-order valence-electron chi connectivity index (χ4n) is 3.49. The molecule has 9 nitrogen and oxygen atoms in total. The van der Waals surface area contributed by atoms with Gasteiger partial charge in [-0.05, 0) is 24.6 Å². The Morgan fingerprint density at radius 3 is 2.72 bits per heavy atom. The van der Waals surface area contributed by atoms with Gasteiger partial charge < -0.3 is 14.6 Å². The molecule has 2 heterocycles. The minimum absolute atomic E-state index is 0.0152. The number of nitrogens with two attached hydrogens (primary N) is 1. The van der Waals surface area contributed by atoms with Crippen LogP contribution in [0.4, 0.5) is 0 Å². The van der Waals surface area contributed by atoms with Gasteiger partial charge in [-0.2, -0.15) is 0 Å². The Morgan fingerprint density at radius 2 is 2.03 bits per heavy atom. The first kappa shape index (κ1) is 21.7. The number of fused-ring (bicyclic) bond motifs is 1. The van der Waals surface area contributed by atoms with Gasteiger partial charge in [0.05, 0.1) is 29.1 Å². The van der Waals surface area contributed by atoms with E-state index in [1.165, 1.54) is 12.1 Å². The van der Waals surface area contributed by atoms with Crippen LogP contribution in [0.3, 0.4) is 0 Å². The summed E-state index contributed by atoms with van der Waals surface area (Å²) in [4.78, 5) is 19.1. The van der Waals surface area contributed by atoms with Crippen LogP contribution in [0.2, 0.25) is 0 Å². The molecule has 1 fully saturated rings. The summed E-state index contributed by atoms with van der Waals surface area (Å²) in [6.45, 7) is 7.53. The Kier molecular flexibility index (Phi) is 7.23. The van der Waals surface area contributed by atoms with Crippen molar-refractivity contribution in [3.8, 4) is 0 Å². The Morgan fingerprint density at radius 1 is 1.28 bits per heavy atom. The molecule has 160 valence electrons. The number of amides is 1. The second kappa shape index (κ2) is 9.66. The molecule has 3 rings (SSSR count). The van der Waals surface area contributed by atoms with Crippen LogP contribution in [-0.2, 0) is 32.5 Å². The molecule has 1 aromatic carbocycles. The van der Waals surface area contributed by atoms with Gasteiger partial charge in [-0.1, -0.05) is 6.92 Å². The highest BCUT2D eigenvalue weighted by Crippen LogP contribution is 2.21. The second-order valence-electron chi connectivity index (χ2n) is 7.18. The number of morpholine rings is 1. The minimum atomic E-state index is -3.78. The molecular weight excluding hydrogens is 394 g/mol. The van der Waals surface area contributed by atoms with Gasteiger partial charge in [-0.3, -0.25) is 9.69 Å². The summed E-state index contributed by atoms with van der Waals surface area (Å²) < 4.78 is 30.6.